The molecule has 1 atom stereocenters. The SMILES string of the molecule is CC(C)C[C@@H]1NC(=O)N(CC(=O)Nc2cc(Cl)ccc2Oc2ccccc2)C1=O. The van der Waals surface area contributed by atoms with Gasteiger partial charge in [-0.15, -0.1) is 0 Å². The molecule has 152 valence electrons. The molecule has 7 nitrogen and oxygen atoms in total. The lowest BCUT2D eigenvalue weighted by atomic mass is 10.0. The smallest absolute Gasteiger partial charge is 0.325 e. The second-order valence-corrected chi connectivity index (χ2v) is 7.60. The maximum Gasteiger partial charge on any atom is 0.325 e. The van der Waals surface area contributed by atoms with E-state index in [-0.39, 0.29) is 5.92 Å². The van der Waals surface area contributed by atoms with Crippen molar-refractivity contribution >= 4 is 35.1 Å². The molecule has 0 radical (unpaired) electrons. The van der Waals surface area contributed by atoms with E-state index >= 15 is 0 Å². The molecular formula is C21H22ClN3O4. The summed E-state index contributed by atoms with van der Waals surface area (Å²) in [5.41, 5.74) is 0.345. The normalized spacial score (nSPS) is 16.1. The average molecular weight is 416 g/mol. The van der Waals surface area contributed by atoms with Gasteiger partial charge >= 0.3 is 6.03 Å². The molecule has 0 saturated carbocycles. The van der Waals surface area contributed by atoms with Gasteiger partial charge in [-0.2, -0.15) is 0 Å². The lowest BCUT2D eigenvalue weighted by Gasteiger charge is -2.16. The molecule has 2 aromatic carbocycles. The van der Waals surface area contributed by atoms with Crippen LogP contribution in [-0.2, 0) is 9.59 Å². The summed E-state index contributed by atoms with van der Waals surface area (Å²) in [5, 5.41) is 5.70. The van der Waals surface area contributed by atoms with Crippen molar-refractivity contribution in [1.29, 1.82) is 0 Å². The first-order valence-electron chi connectivity index (χ1n) is 9.27. The Morgan fingerprint density at radius 1 is 1.21 bits per heavy atom. The van der Waals surface area contributed by atoms with E-state index in [1.54, 1.807) is 30.3 Å². The summed E-state index contributed by atoms with van der Waals surface area (Å²) in [7, 11) is 0. The summed E-state index contributed by atoms with van der Waals surface area (Å²) in [6, 6.07) is 12.7. The molecule has 1 aliphatic heterocycles. The highest BCUT2D eigenvalue weighted by atomic mass is 35.5. The molecule has 0 bridgehead atoms. The number of amides is 4. The quantitative estimate of drug-likeness (QED) is 0.668. The molecule has 2 aromatic rings. The first-order chi connectivity index (χ1) is 13.8. The first kappa shape index (κ1) is 20.7. The van der Waals surface area contributed by atoms with Crippen LogP contribution >= 0.6 is 11.6 Å². The fourth-order valence-corrected chi connectivity index (χ4v) is 3.17. The van der Waals surface area contributed by atoms with Gasteiger partial charge in [0.2, 0.25) is 5.91 Å². The second kappa shape index (κ2) is 8.96. The Bertz CT molecular complexity index is 917. The largest absolute Gasteiger partial charge is 0.455 e. The van der Waals surface area contributed by atoms with Gasteiger partial charge in [0.05, 0.1) is 5.69 Å². The van der Waals surface area contributed by atoms with Gasteiger partial charge in [-0.3, -0.25) is 14.5 Å². The Kier molecular flexibility index (Phi) is 6.39. The van der Waals surface area contributed by atoms with Gasteiger partial charge in [0.25, 0.3) is 5.91 Å². The van der Waals surface area contributed by atoms with Gasteiger partial charge in [-0.05, 0) is 42.7 Å². The van der Waals surface area contributed by atoms with Crippen molar-refractivity contribution in [2.45, 2.75) is 26.3 Å². The van der Waals surface area contributed by atoms with Crippen LogP contribution in [-0.4, -0.2) is 35.3 Å². The molecule has 4 amide bonds. The number of nitrogens with zero attached hydrogens (tertiary/aromatic N) is 1. The van der Waals surface area contributed by atoms with Crippen molar-refractivity contribution in [3.63, 3.8) is 0 Å². The first-order valence-corrected chi connectivity index (χ1v) is 9.65. The van der Waals surface area contributed by atoms with E-state index < -0.39 is 30.4 Å². The van der Waals surface area contributed by atoms with Crippen LogP contribution in [0.25, 0.3) is 0 Å². The summed E-state index contributed by atoms with van der Waals surface area (Å²) in [6.45, 7) is 3.53. The molecule has 1 saturated heterocycles. The zero-order chi connectivity index (χ0) is 21.0. The number of rotatable bonds is 7. The summed E-state index contributed by atoms with van der Waals surface area (Å²) >= 11 is 6.05. The minimum absolute atomic E-state index is 0.238. The van der Waals surface area contributed by atoms with Crippen LogP contribution < -0.4 is 15.4 Å². The van der Waals surface area contributed by atoms with Crippen molar-refractivity contribution in [3.05, 3.63) is 53.6 Å². The lowest BCUT2D eigenvalue weighted by Crippen LogP contribution is -2.38. The molecule has 0 aromatic heterocycles. The molecule has 1 aliphatic rings. The predicted octanol–water partition coefficient (Wildman–Crippen LogP) is 4.04. The van der Waals surface area contributed by atoms with Gasteiger partial charge in [0, 0.05) is 5.02 Å². The third kappa shape index (κ3) is 5.26. The number of benzene rings is 2. The summed E-state index contributed by atoms with van der Waals surface area (Å²) in [4.78, 5) is 38.0. The monoisotopic (exact) mass is 415 g/mol. The van der Waals surface area contributed by atoms with Gasteiger partial charge in [-0.1, -0.05) is 43.6 Å². The van der Waals surface area contributed by atoms with Crippen LogP contribution in [0.2, 0.25) is 5.02 Å². The highest BCUT2D eigenvalue weighted by Crippen LogP contribution is 2.32. The van der Waals surface area contributed by atoms with Crippen molar-refractivity contribution < 1.29 is 19.1 Å². The van der Waals surface area contributed by atoms with E-state index in [0.717, 1.165) is 4.90 Å². The minimum Gasteiger partial charge on any atom is -0.455 e. The topological polar surface area (TPSA) is 87.7 Å². The van der Waals surface area contributed by atoms with Crippen molar-refractivity contribution in [2.75, 3.05) is 11.9 Å². The number of ether oxygens (including phenoxy) is 1. The van der Waals surface area contributed by atoms with Gasteiger partial charge in [-0.25, -0.2) is 4.79 Å². The fraction of sp³-hybridized carbons (Fsp3) is 0.286. The average Bonchev–Trinajstić information content (AvgIpc) is 2.91. The van der Waals surface area contributed by atoms with Gasteiger partial charge in [0.1, 0.15) is 18.3 Å². The second-order valence-electron chi connectivity index (χ2n) is 7.16. The number of imide groups is 1. The third-order valence-corrected chi connectivity index (χ3v) is 4.54. The zero-order valence-electron chi connectivity index (χ0n) is 16.1. The number of hydrogen-bond donors (Lipinski definition) is 2. The molecule has 0 spiro atoms. The van der Waals surface area contributed by atoms with Crippen LogP contribution in [0, 0.1) is 5.92 Å². The molecule has 8 heteroatoms. The highest BCUT2D eigenvalue weighted by Gasteiger charge is 2.39. The number of urea groups is 1. The maximum absolute atomic E-state index is 12.5. The number of hydrogen-bond acceptors (Lipinski definition) is 4. The third-order valence-electron chi connectivity index (χ3n) is 4.30. The van der Waals surface area contributed by atoms with Crippen LogP contribution in [0.15, 0.2) is 48.5 Å². The maximum atomic E-state index is 12.5. The number of carbonyl (C=O) groups is 3. The zero-order valence-corrected chi connectivity index (χ0v) is 16.9. The molecule has 3 rings (SSSR count). The van der Waals surface area contributed by atoms with E-state index in [1.165, 1.54) is 0 Å². The Balaban J connectivity index is 1.70. The summed E-state index contributed by atoms with van der Waals surface area (Å²) < 4.78 is 5.81. The van der Waals surface area contributed by atoms with E-state index in [4.69, 9.17) is 16.3 Å². The van der Waals surface area contributed by atoms with E-state index in [2.05, 4.69) is 10.6 Å². The van der Waals surface area contributed by atoms with E-state index in [1.807, 2.05) is 32.0 Å². The molecule has 1 fully saturated rings. The predicted molar refractivity (Wildman–Crippen MR) is 110 cm³/mol. The number of anilines is 1. The van der Waals surface area contributed by atoms with Crippen LogP contribution in [0.4, 0.5) is 10.5 Å². The number of carbonyl (C=O) groups excluding carboxylic acids is 3. The Morgan fingerprint density at radius 3 is 2.62 bits per heavy atom. The van der Waals surface area contributed by atoms with Crippen LogP contribution in [0.5, 0.6) is 11.5 Å². The number of halogens is 1. The lowest BCUT2D eigenvalue weighted by molar-refractivity contribution is -0.131. The van der Waals surface area contributed by atoms with E-state index in [0.29, 0.717) is 28.6 Å². The molecule has 0 unspecified atom stereocenters. The number of nitrogens with one attached hydrogen (secondary N) is 2. The molecular weight excluding hydrogens is 394 g/mol. The highest BCUT2D eigenvalue weighted by molar-refractivity contribution is 6.31. The van der Waals surface area contributed by atoms with Gasteiger partial charge in [0.15, 0.2) is 5.75 Å². The van der Waals surface area contributed by atoms with Crippen molar-refractivity contribution in [2.24, 2.45) is 5.92 Å². The Morgan fingerprint density at radius 2 is 1.93 bits per heavy atom. The van der Waals surface area contributed by atoms with Crippen molar-refractivity contribution in [1.82, 2.24) is 10.2 Å². The number of para-hydroxylation sites is 1. The summed E-state index contributed by atoms with van der Waals surface area (Å²) in [5.74, 6) is 0.298. The molecule has 1 heterocycles. The summed E-state index contributed by atoms with van der Waals surface area (Å²) in [6.07, 6.45) is 0.520. The molecule has 2 N–H and O–H groups in total. The Labute approximate surface area is 174 Å². The minimum atomic E-state index is -0.599. The standard InChI is InChI=1S/C21H22ClN3O4/c1-13(2)10-17-20(27)25(21(28)24-17)12-19(26)23-16-11-14(22)8-9-18(16)29-15-6-4-3-5-7-15/h3-9,11,13,17H,10,12H2,1-2H3,(H,23,26)(H,24,28)/t17-/m0/s1. The van der Waals surface area contributed by atoms with Crippen molar-refractivity contribution in [3.8, 4) is 11.5 Å². The van der Waals surface area contributed by atoms with Crippen LogP contribution in [0.3, 0.4) is 0 Å². The van der Waals surface area contributed by atoms with E-state index in [9.17, 15) is 14.4 Å². The Hall–Kier alpha value is -3.06. The fourth-order valence-electron chi connectivity index (χ4n) is 3.00. The molecule has 0 aliphatic carbocycles. The molecule has 29 heavy (non-hydrogen) atoms. The van der Waals surface area contributed by atoms with Gasteiger partial charge < -0.3 is 15.4 Å². The van der Waals surface area contributed by atoms with Crippen LogP contribution in [0.1, 0.15) is 20.3 Å².